The molecule has 1 aliphatic rings. The van der Waals surface area contributed by atoms with E-state index < -0.39 is 12.1 Å². The molecular weight excluding hydrogens is 396 g/mol. The highest BCUT2D eigenvalue weighted by atomic mass is 16.5. The minimum atomic E-state index is -0.516. The Kier molecular flexibility index (Phi) is 6.78. The third-order valence-corrected chi connectivity index (χ3v) is 5.27. The number of nitrogens with one attached hydrogen (secondary N) is 3. The number of fused-ring (bicyclic) bond motifs is 1. The van der Waals surface area contributed by atoms with E-state index in [4.69, 9.17) is 9.15 Å². The zero-order chi connectivity index (χ0) is 21.5. The first-order chi connectivity index (χ1) is 15.2. The molecule has 0 radical (unpaired) electrons. The molecule has 2 atom stereocenters. The molecule has 3 N–H and O–H groups in total. The van der Waals surface area contributed by atoms with Crippen LogP contribution in [-0.2, 0) is 16.1 Å². The number of para-hydroxylation sites is 2. The van der Waals surface area contributed by atoms with Crippen LogP contribution >= 0.6 is 0 Å². The van der Waals surface area contributed by atoms with Crippen LogP contribution in [0.4, 0.5) is 4.79 Å². The van der Waals surface area contributed by atoms with Crippen LogP contribution in [0.3, 0.4) is 0 Å². The van der Waals surface area contributed by atoms with E-state index in [2.05, 4.69) is 20.9 Å². The first-order valence-corrected chi connectivity index (χ1v) is 10.5. The van der Waals surface area contributed by atoms with Gasteiger partial charge in [-0.25, -0.2) is 9.78 Å². The molecule has 1 aromatic heterocycles. The van der Waals surface area contributed by atoms with Gasteiger partial charge in [0.2, 0.25) is 11.8 Å². The molecule has 8 nitrogen and oxygen atoms in total. The summed E-state index contributed by atoms with van der Waals surface area (Å²) in [5, 5.41) is 8.79. The van der Waals surface area contributed by atoms with Crippen LogP contribution in [0.2, 0.25) is 0 Å². The number of carbonyl (C=O) groups is 2. The summed E-state index contributed by atoms with van der Waals surface area (Å²) in [5.41, 5.74) is 2.43. The smallest absolute Gasteiger partial charge is 0.407 e. The molecule has 4 rings (SSSR count). The Bertz CT molecular complexity index is 988. The summed E-state index contributed by atoms with van der Waals surface area (Å²) in [6.07, 6.45) is 1.25. The maximum absolute atomic E-state index is 12.8. The van der Waals surface area contributed by atoms with Gasteiger partial charge in [0.05, 0.1) is 12.0 Å². The third kappa shape index (κ3) is 5.40. The van der Waals surface area contributed by atoms with Gasteiger partial charge >= 0.3 is 6.09 Å². The monoisotopic (exact) mass is 422 g/mol. The van der Waals surface area contributed by atoms with Gasteiger partial charge in [-0.15, -0.1) is 0 Å². The molecule has 3 aromatic rings. The molecule has 0 saturated carbocycles. The number of benzene rings is 2. The maximum atomic E-state index is 12.8. The average molecular weight is 422 g/mol. The van der Waals surface area contributed by atoms with Gasteiger partial charge in [-0.05, 0) is 37.1 Å². The summed E-state index contributed by atoms with van der Waals surface area (Å²) in [5.74, 6) is 0.313. The molecule has 31 heavy (non-hydrogen) atoms. The number of aromatic nitrogens is 1. The summed E-state index contributed by atoms with van der Waals surface area (Å²) < 4.78 is 11.1. The lowest BCUT2D eigenvalue weighted by molar-refractivity contribution is -0.124. The van der Waals surface area contributed by atoms with Gasteiger partial charge in [0, 0.05) is 13.1 Å². The zero-order valence-corrected chi connectivity index (χ0v) is 17.2. The van der Waals surface area contributed by atoms with Gasteiger partial charge in [-0.2, -0.15) is 0 Å². The molecular formula is C23H26N4O4. The van der Waals surface area contributed by atoms with E-state index >= 15 is 0 Å². The number of alkyl carbamates (subject to hydrolysis) is 1. The van der Waals surface area contributed by atoms with Crippen molar-refractivity contribution in [3.63, 3.8) is 0 Å². The number of hydrogen-bond acceptors (Lipinski definition) is 6. The van der Waals surface area contributed by atoms with Crippen LogP contribution in [0, 0.1) is 0 Å². The standard InChI is InChI=1S/C23H26N4O4/c28-21(25-13-14-26-23(29)30-15-16-7-2-1-3-8-16)20-17(9-6-12-24-20)22-27-18-10-4-5-11-19(18)31-22/h1-5,7-8,10-11,17,20,24H,6,9,12-15H2,(H,25,28)(H,26,29)/t17?,20-/m0/s1. The number of rotatable bonds is 7. The molecule has 2 amide bonds. The number of nitrogens with zero attached hydrogens (tertiary/aromatic N) is 1. The lowest BCUT2D eigenvalue weighted by atomic mass is 9.90. The SMILES string of the molecule is O=C(NCCNC(=O)[C@H]1NCCCC1c1nc2ccccc2o1)OCc1ccccc1. The van der Waals surface area contributed by atoms with Crippen molar-refractivity contribution >= 4 is 23.1 Å². The van der Waals surface area contributed by atoms with Crippen molar-refractivity contribution in [1.29, 1.82) is 0 Å². The molecule has 1 fully saturated rings. The first-order valence-electron chi connectivity index (χ1n) is 10.5. The molecule has 8 heteroatoms. The Morgan fingerprint density at radius 3 is 2.68 bits per heavy atom. The Morgan fingerprint density at radius 2 is 1.84 bits per heavy atom. The van der Waals surface area contributed by atoms with Crippen molar-refractivity contribution in [2.75, 3.05) is 19.6 Å². The second-order valence-electron chi connectivity index (χ2n) is 7.48. The Hall–Kier alpha value is -3.39. The van der Waals surface area contributed by atoms with E-state index in [1.54, 1.807) is 0 Å². The highest BCUT2D eigenvalue weighted by molar-refractivity contribution is 5.83. The van der Waals surface area contributed by atoms with Gasteiger partial charge in [-0.3, -0.25) is 4.79 Å². The van der Waals surface area contributed by atoms with Gasteiger partial charge in [0.25, 0.3) is 0 Å². The van der Waals surface area contributed by atoms with Crippen LogP contribution in [0.25, 0.3) is 11.1 Å². The average Bonchev–Trinajstić information content (AvgIpc) is 3.25. The van der Waals surface area contributed by atoms with Crippen molar-refractivity contribution in [1.82, 2.24) is 20.9 Å². The quantitative estimate of drug-likeness (QED) is 0.506. The van der Waals surface area contributed by atoms with Crippen LogP contribution in [0.1, 0.15) is 30.2 Å². The predicted octanol–water partition coefficient (Wildman–Crippen LogP) is 2.71. The zero-order valence-electron chi connectivity index (χ0n) is 17.2. The van der Waals surface area contributed by atoms with Gasteiger partial charge in [-0.1, -0.05) is 42.5 Å². The minimum Gasteiger partial charge on any atom is -0.445 e. The molecule has 162 valence electrons. The summed E-state index contributed by atoms with van der Waals surface area (Å²) in [6.45, 7) is 1.55. The van der Waals surface area contributed by atoms with Crippen LogP contribution in [0.15, 0.2) is 59.0 Å². The first kappa shape index (κ1) is 20.9. The topological polar surface area (TPSA) is 105 Å². The number of carbonyl (C=O) groups excluding carboxylic acids is 2. The molecule has 0 aliphatic carbocycles. The lowest BCUT2D eigenvalue weighted by Crippen LogP contribution is -2.51. The highest BCUT2D eigenvalue weighted by Gasteiger charge is 2.35. The van der Waals surface area contributed by atoms with Gasteiger partial charge in [0.1, 0.15) is 12.1 Å². The Labute approximate surface area is 180 Å². The minimum absolute atomic E-state index is 0.133. The molecule has 0 spiro atoms. The van der Waals surface area contributed by atoms with E-state index in [0.29, 0.717) is 12.4 Å². The predicted molar refractivity (Wildman–Crippen MR) is 115 cm³/mol. The number of piperidine rings is 1. The van der Waals surface area contributed by atoms with Gasteiger partial charge < -0.3 is 25.1 Å². The number of hydrogen-bond donors (Lipinski definition) is 3. The van der Waals surface area contributed by atoms with Crippen molar-refractivity contribution in [3.8, 4) is 0 Å². The summed E-state index contributed by atoms with van der Waals surface area (Å²) in [7, 11) is 0. The fraction of sp³-hybridized carbons (Fsp3) is 0.348. The summed E-state index contributed by atoms with van der Waals surface area (Å²) in [6, 6.07) is 16.6. The second-order valence-corrected chi connectivity index (χ2v) is 7.48. The molecule has 0 bridgehead atoms. The largest absolute Gasteiger partial charge is 0.445 e. The third-order valence-electron chi connectivity index (χ3n) is 5.27. The second kappa shape index (κ2) is 10.1. The van der Waals surface area contributed by atoms with E-state index in [1.165, 1.54) is 0 Å². The van der Waals surface area contributed by atoms with Crippen molar-refractivity contribution < 1.29 is 18.7 Å². The van der Waals surface area contributed by atoms with E-state index in [1.807, 2.05) is 54.6 Å². The van der Waals surface area contributed by atoms with Crippen molar-refractivity contribution in [3.05, 3.63) is 66.1 Å². The van der Waals surface area contributed by atoms with Crippen LogP contribution < -0.4 is 16.0 Å². The van der Waals surface area contributed by atoms with E-state index in [0.717, 1.165) is 36.0 Å². The number of amides is 2. The number of ether oxygens (including phenoxy) is 1. The molecule has 2 aromatic carbocycles. The molecule has 1 saturated heterocycles. The summed E-state index contributed by atoms with van der Waals surface area (Å²) >= 11 is 0. The van der Waals surface area contributed by atoms with E-state index in [9.17, 15) is 9.59 Å². The molecule has 1 unspecified atom stereocenters. The van der Waals surface area contributed by atoms with Crippen molar-refractivity contribution in [2.24, 2.45) is 0 Å². The van der Waals surface area contributed by atoms with Crippen LogP contribution in [-0.4, -0.2) is 42.7 Å². The Morgan fingerprint density at radius 1 is 1.06 bits per heavy atom. The fourth-order valence-electron chi connectivity index (χ4n) is 3.71. The van der Waals surface area contributed by atoms with Crippen molar-refractivity contribution in [2.45, 2.75) is 31.4 Å². The van der Waals surface area contributed by atoms with Crippen LogP contribution in [0.5, 0.6) is 0 Å². The molecule has 2 heterocycles. The number of oxazole rings is 1. The fourth-order valence-corrected chi connectivity index (χ4v) is 3.71. The van der Waals surface area contributed by atoms with Gasteiger partial charge in [0.15, 0.2) is 5.58 Å². The summed E-state index contributed by atoms with van der Waals surface area (Å²) in [4.78, 5) is 29.1. The maximum Gasteiger partial charge on any atom is 0.407 e. The van der Waals surface area contributed by atoms with E-state index in [-0.39, 0.29) is 25.0 Å². The Balaban J connectivity index is 1.24. The normalized spacial score (nSPS) is 18.5. The molecule has 1 aliphatic heterocycles. The highest BCUT2D eigenvalue weighted by Crippen LogP contribution is 2.30. The lowest BCUT2D eigenvalue weighted by Gasteiger charge is -2.29.